The van der Waals surface area contributed by atoms with E-state index in [-0.39, 0.29) is 12.5 Å². The molecule has 1 unspecified atom stereocenters. The third-order valence-corrected chi connectivity index (χ3v) is 5.38. The SMILES string of the molecule is O=C(Cn1c(C2CC2)nc2ccccc21)NCC(O)C1CCCC1. The molecule has 0 bridgehead atoms. The standard InChI is InChI=1S/C19H25N3O2/c23-17(13-5-1-2-6-13)11-20-18(24)12-22-16-8-4-3-7-15(16)21-19(22)14-9-10-14/h3-4,7-8,13-14,17,23H,1-2,5-6,9-12H2,(H,20,24). The van der Waals surface area contributed by atoms with Gasteiger partial charge in [0.1, 0.15) is 12.4 Å². The predicted molar refractivity (Wildman–Crippen MR) is 92.7 cm³/mol. The molecular formula is C19H25N3O2. The minimum absolute atomic E-state index is 0.0444. The van der Waals surface area contributed by atoms with E-state index in [0.29, 0.717) is 18.4 Å². The molecule has 0 aliphatic heterocycles. The predicted octanol–water partition coefficient (Wildman–Crippen LogP) is 2.58. The third-order valence-electron chi connectivity index (χ3n) is 5.38. The highest BCUT2D eigenvalue weighted by Crippen LogP contribution is 2.40. The summed E-state index contributed by atoms with van der Waals surface area (Å²) < 4.78 is 2.05. The number of carbonyl (C=O) groups excluding carboxylic acids is 1. The zero-order valence-corrected chi connectivity index (χ0v) is 13.9. The summed E-state index contributed by atoms with van der Waals surface area (Å²) in [5.41, 5.74) is 1.98. The molecule has 1 aromatic heterocycles. The van der Waals surface area contributed by atoms with E-state index >= 15 is 0 Å². The van der Waals surface area contributed by atoms with Crippen molar-refractivity contribution in [3.8, 4) is 0 Å². The van der Waals surface area contributed by atoms with Crippen LogP contribution in [0.15, 0.2) is 24.3 Å². The molecule has 24 heavy (non-hydrogen) atoms. The van der Waals surface area contributed by atoms with Crippen LogP contribution in [0.2, 0.25) is 0 Å². The molecule has 2 aliphatic rings. The lowest BCUT2D eigenvalue weighted by molar-refractivity contribution is -0.122. The highest BCUT2D eigenvalue weighted by Gasteiger charge is 2.30. The Morgan fingerprint density at radius 1 is 1.25 bits per heavy atom. The Morgan fingerprint density at radius 2 is 2.00 bits per heavy atom. The largest absolute Gasteiger partial charge is 0.391 e. The minimum atomic E-state index is -0.418. The van der Waals surface area contributed by atoms with E-state index in [1.807, 2.05) is 28.8 Å². The maximum Gasteiger partial charge on any atom is 0.240 e. The number of nitrogens with zero attached hydrogens (tertiary/aromatic N) is 2. The Hall–Kier alpha value is -1.88. The first-order valence-corrected chi connectivity index (χ1v) is 9.12. The maximum atomic E-state index is 12.4. The van der Waals surface area contributed by atoms with E-state index in [1.165, 1.54) is 12.8 Å². The van der Waals surface area contributed by atoms with Crippen LogP contribution in [0.4, 0.5) is 0 Å². The molecule has 128 valence electrons. The summed E-state index contributed by atoms with van der Waals surface area (Å²) in [6.45, 7) is 0.638. The molecule has 2 aliphatic carbocycles. The fourth-order valence-electron chi connectivity index (χ4n) is 3.84. The Bertz CT molecular complexity index is 729. The zero-order valence-electron chi connectivity index (χ0n) is 13.9. The smallest absolute Gasteiger partial charge is 0.240 e. The van der Waals surface area contributed by atoms with Crippen LogP contribution >= 0.6 is 0 Å². The molecule has 1 atom stereocenters. The molecule has 1 aromatic carbocycles. The number of fused-ring (bicyclic) bond motifs is 1. The summed E-state index contributed by atoms with van der Waals surface area (Å²) in [7, 11) is 0. The van der Waals surface area contributed by atoms with E-state index in [4.69, 9.17) is 4.98 Å². The summed E-state index contributed by atoms with van der Waals surface area (Å²) in [6, 6.07) is 7.99. The number of aliphatic hydroxyl groups is 1. The summed E-state index contributed by atoms with van der Waals surface area (Å²) in [6.07, 6.45) is 6.45. The van der Waals surface area contributed by atoms with Gasteiger partial charge in [-0.2, -0.15) is 0 Å². The minimum Gasteiger partial charge on any atom is -0.391 e. The number of nitrogens with one attached hydrogen (secondary N) is 1. The number of para-hydroxylation sites is 2. The lowest BCUT2D eigenvalue weighted by Gasteiger charge is -2.18. The van der Waals surface area contributed by atoms with Crippen LogP contribution in [0.1, 0.15) is 50.3 Å². The van der Waals surface area contributed by atoms with Crippen LogP contribution < -0.4 is 5.32 Å². The number of aliphatic hydroxyl groups excluding tert-OH is 1. The van der Waals surface area contributed by atoms with Crippen molar-refractivity contribution in [1.29, 1.82) is 0 Å². The van der Waals surface area contributed by atoms with Crippen LogP contribution in [0, 0.1) is 5.92 Å². The molecular weight excluding hydrogens is 302 g/mol. The van der Waals surface area contributed by atoms with E-state index < -0.39 is 6.10 Å². The van der Waals surface area contributed by atoms with Gasteiger partial charge in [0, 0.05) is 12.5 Å². The molecule has 5 nitrogen and oxygen atoms in total. The van der Waals surface area contributed by atoms with E-state index in [2.05, 4.69) is 5.32 Å². The van der Waals surface area contributed by atoms with Gasteiger partial charge in [0.05, 0.1) is 17.1 Å². The van der Waals surface area contributed by atoms with Crippen molar-refractivity contribution in [3.63, 3.8) is 0 Å². The molecule has 0 radical (unpaired) electrons. The van der Waals surface area contributed by atoms with Gasteiger partial charge < -0.3 is 15.0 Å². The van der Waals surface area contributed by atoms with Crippen LogP contribution in [-0.2, 0) is 11.3 Å². The van der Waals surface area contributed by atoms with Crippen molar-refractivity contribution in [2.45, 2.75) is 57.1 Å². The first kappa shape index (κ1) is 15.6. The average Bonchev–Trinajstić information content (AvgIpc) is 3.16. The van der Waals surface area contributed by atoms with E-state index in [0.717, 1.165) is 42.5 Å². The Balaban J connectivity index is 1.43. The van der Waals surface area contributed by atoms with Crippen LogP contribution in [0.3, 0.4) is 0 Å². The maximum absolute atomic E-state index is 12.4. The Labute approximate surface area is 142 Å². The highest BCUT2D eigenvalue weighted by atomic mass is 16.3. The van der Waals surface area contributed by atoms with Crippen molar-refractivity contribution in [2.24, 2.45) is 5.92 Å². The first-order chi connectivity index (χ1) is 11.7. The summed E-state index contributed by atoms with van der Waals surface area (Å²) in [5, 5.41) is 13.1. The van der Waals surface area contributed by atoms with Crippen molar-refractivity contribution < 1.29 is 9.90 Å². The molecule has 2 saturated carbocycles. The monoisotopic (exact) mass is 327 g/mol. The molecule has 5 heteroatoms. The van der Waals surface area contributed by atoms with Crippen molar-refractivity contribution in [3.05, 3.63) is 30.1 Å². The van der Waals surface area contributed by atoms with Crippen molar-refractivity contribution >= 4 is 16.9 Å². The number of hydrogen-bond donors (Lipinski definition) is 2. The second kappa shape index (κ2) is 6.55. The van der Waals surface area contributed by atoms with Gasteiger partial charge in [-0.3, -0.25) is 4.79 Å². The molecule has 1 heterocycles. The Kier molecular flexibility index (Phi) is 4.27. The average molecular weight is 327 g/mol. The number of carbonyl (C=O) groups is 1. The highest BCUT2D eigenvalue weighted by molar-refractivity contribution is 5.81. The van der Waals surface area contributed by atoms with Gasteiger partial charge in [0.2, 0.25) is 5.91 Å². The fourth-order valence-corrected chi connectivity index (χ4v) is 3.84. The number of amides is 1. The van der Waals surface area contributed by atoms with Gasteiger partial charge >= 0.3 is 0 Å². The summed E-state index contributed by atoms with van der Waals surface area (Å²) in [4.78, 5) is 17.1. The summed E-state index contributed by atoms with van der Waals surface area (Å²) in [5.74, 6) is 1.83. The van der Waals surface area contributed by atoms with Crippen molar-refractivity contribution in [2.75, 3.05) is 6.54 Å². The molecule has 4 rings (SSSR count). The van der Waals surface area contributed by atoms with Gasteiger partial charge in [0.25, 0.3) is 0 Å². The van der Waals surface area contributed by atoms with Gasteiger partial charge in [-0.25, -0.2) is 4.98 Å². The van der Waals surface area contributed by atoms with E-state index in [1.54, 1.807) is 0 Å². The number of imidazole rings is 1. The second-order valence-electron chi connectivity index (χ2n) is 7.24. The van der Waals surface area contributed by atoms with Crippen LogP contribution in [-0.4, -0.2) is 33.2 Å². The molecule has 2 N–H and O–H groups in total. The number of rotatable bonds is 6. The summed E-state index contributed by atoms with van der Waals surface area (Å²) >= 11 is 0. The molecule has 2 fully saturated rings. The normalized spacial score (nSPS) is 19.7. The van der Waals surface area contributed by atoms with Crippen LogP contribution in [0.25, 0.3) is 11.0 Å². The first-order valence-electron chi connectivity index (χ1n) is 9.12. The number of benzene rings is 1. The van der Waals surface area contributed by atoms with Gasteiger partial charge in [-0.05, 0) is 43.7 Å². The molecule has 0 saturated heterocycles. The lowest BCUT2D eigenvalue weighted by atomic mass is 10.0. The van der Waals surface area contributed by atoms with Crippen molar-refractivity contribution in [1.82, 2.24) is 14.9 Å². The lowest BCUT2D eigenvalue weighted by Crippen LogP contribution is -2.37. The zero-order chi connectivity index (χ0) is 16.5. The topological polar surface area (TPSA) is 67.2 Å². The van der Waals surface area contributed by atoms with Crippen LogP contribution in [0.5, 0.6) is 0 Å². The third kappa shape index (κ3) is 3.18. The molecule has 1 amide bonds. The van der Waals surface area contributed by atoms with Gasteiger partial charge in [-0.1, -0.05) is 25.0 Å². The molecule has 0 spiro atoms. The fraction of sp³-hybridized carbons (Fsp3) is 0.579. The van der Waals surface area contributed by atoms with Gasteiger partial charge in [0.15, 0.2) is 0 Å². The second-order valence-corrected chi connectivity index (χ2v) is 7.24. The quantitative estimate of drug-likeness (QED) is 0.857. The number of hydrogen-bond acceptors (Lipinski definition) is 3. The Morgan fingerprint density at radius 3 is 2.75 bits per heavy atom. The molecule has 2 aromatic rings. The van der Waals surface area contributed by atoms with Gasteiger partial charge in [-0.15, -0.1) is 0 Å². The number of aromatic nitrogens is 2. The van der Waals surface area contributed by atoms with E-state index in [9.17, 15) is 9.90 Å².